The summed E-state index contributed by atoms with van der Waals surface area (Å²) in [4.78, 5) is -0.0739. The number of hydrogen-bond donors (Lipinski definition) is 1. The molecule has 0 spiro atoms. The Kier molecular flexibility index (Phi) is 5.46. The summed E-state index contributed by atoms with van der Waals surface area (Å²) in [5.74, 6) is -0.617. The molecule has 0 aliphatic carbocycles. The predicted octanol–water partition coefficient (Wildman–Crippen LogP) is 2.05. The molecule has 0 amide bonds. The van der Waals surface area contributed by atoms with Crippen molar-refractivity contribution in [1.29, 1.82) is 0 Å². The molecule has 1 aromatic carbocycles. The van der Waals surface area contributed by atoms with Gasteiger partial charge in [-0.3, -0.25) is 0 Å². The van der Waals surface area contributed by atoms with Crippen LogP contribution in [0, 0.1) is 12.7 Å². The van der Waals surface area contributed by atoms with E-state index in [1.807, 2.05) is 6.92 Å². The molecule has 1 aromatic rings. The minimum absolute atomic E-state index is 0.0739. The molecule has 0 fully saturated rings. The lowest BCUT2D eigenvalue weighted by Crippen LogP contribution is -2.28. The van der Waals surface area contributed by atoms with Crippen molar-refractivity contribution < 1.29 is 17.9 Å². The molecule has 0 aromatic heterocycles. The van der Waals surface area contributed by atoms with E-state index in [2.05, 4.69) is 0 Å². The first kappa shape index (κ1) is 16.1. The topological polar surface area (TPSA) is 57.6 Å². The molecule has 1 N–H and O–H groups in total. The number of aliphatic hydroxyl groups excluding tert-OH is 1. The maximum atomic E-state index is 13.7. The molecule has 0 unspecified atom stereocenters. The summed E-state index contributed by atoms with van der Waals surface area (Å²) in [6.45, 7) is 3.40. The van der Waals surface area contributed by atoms with Gasteiger partial charge < -0.3 is 5.11 Å². The molecule has 0 aliphatic rings. The van der Waals surface area contributed by atoms with Gasteiger partial charge >= 0.3 is 0 Å². The van der Waals surface area contributed by atoms with E-state index in [-0.39, 0.29) is 16.0 Å². The van der Waals surface area contributed by atoms with Crippen molar-refractivity contribution in [2.45, 2.75) is 38.2 Å². The first-order chi connectivity index (χ1) is 8.84. The minimum atomic E-state index is -3.71. The van der Waals surface area contributed by atoms with Crippen LogP contribution in [0.4, 0.5) is 4.39 Å². The van der Waals surface area contributed by atoms with Gasteiger partial charge in [0.25, 0.3) is 0 Å². The highest BCUT2D eigenvalue weighted by molar-refractivity contribution is 7.89. The molecule has 0 saturated carbocycles. The standard InChI is InChI=1S/C13H20FNO3S/c1-4-5-6-15(3)19(17,18)13-8-11(9-16)7-12(14)10(13)2/h7-8,16H,4-6,9H2,1-3H3. The van der Waals surface area contributed by atoms with Crippen LogP contribution in [-0.2, 0) is 16.6 Å². The molecule has 4 nitrogen and oxygen atoms in total. The van der Waals surface area contributed by atoms with Gasteiger partial charge in [-0.15, -0.1) is 0 Å². The van der Waals surface area contributed by atoms with Gasteiger partial charge in [0.2, 0.25) is 10.0 Å². The number of nitrogens with zero attached hydrogens (tertiary/aromatic N) is 1. The van der Waals surface area contributed by atoms with Gasteiger partial charge in [0, 0.05) is 19.2 Å². The van der Waals surface area contributed by atoms with Crippen LogP contribution in [0.25, 0.3) is 0 Å². The highest BCUT2D eigenvalue weighted by atomic mass is 32.2. The van der Waals surface area contributed by atoms with Crippen LogP contribution in [0.2, 0.25) is 0 Å². The monoisotopic (exact) mass is 289 g/mol. The molecule has 0 saturated heterocycles. The summed E-state index contributed by atoms with van der Waals surface area (Å²) in [5, 5.41) is 9.05. The lowest BCUT2D eigenvalue weighted by atomic mass is 10.1. The number of halogens is 1. The van der Waals surface area contributed by atoms with Crippen molar-refractivity contribution in [3.63, 3.8) is 0 Å². The summed E-state index contributed by atoms with van der Waals surface area (Å²) >= 11 is 0. The minimum Gasteiger partial charge on any atom is -0.392 e. The second kappa shape index (κ2) is 6.45. The molecular formula is C13H20FNO3S. The predicted molar refractivity (Wildman–Crippen MR) is 71.8 cm³/mol. The molecule has 108 valence electrons. The van der Waals surface area contributed by atoms with Crippen molar-refractivity contribution in [1.82, 2.24) is 4.31 Å². The van der Waals surface area contributed by atoms with E-state index < -0.39 is 22.4 Å². The second-order valence-electron chi connectivity index (χ2n) is 4.54. The Labute approximate surface area is 113 Å². The molecule has 0 bridgehead atoms. The third-order valence-electron chi connectivity index (χ3n) is 3.05. The zero-order valence-electron chi connectivity index (χ0n) is 11.5. The summed E-state index contributed by atoms with van der Waals surface area (Å²) < 4.78 is 39.6. The number of benzene rings is 1. The second-order valence-corrected chi connectivity index (χ2v) is 6.55. The Bertz CT molecular complexity index is 543. The number of hydrogen-bond acceptors (Lipinski definition) is 3. The summed E-state index contributed by atoms with van der Waals surface area (Å²) in [6.07, 6.45) is 1.63. The molecule has 1 rings (SSSR count). The lowest BCUT2D eigenvalue weighted by Gasteiger charge is -2.19. The largest absolute Gasteiger partial charge is 0.392 e. The van der Waals surface area contributed by atoms with Gasteiger partial charge in [-0.05, 0) is 31.0 Å². The molecular weight excluding hydrogens is 269 g/mol. The Morgan fingerprint density at radius 1 is 1.37 bits per heavy atom. The SMILES string of the molecule is CCCCN(C)S(=O)(=O)c1cc(CO)cc(F)c1C. The zero-order valence-corrected chi connectivity index (χ0v) is 12.3. The van der Waals surface area contributed by atoms with E-state index in [0.29, 0.717) is 6.54 Å². The molecule has 19 heavy (non-hydrogen) atoms. The molecule has 0 atom stereocenters. The van der Waals surface area contributed by atoms with Crippen LogP contribution < -0.4 is 0 Å². The fourth-order valence-corrected chi connectivity index (χ4v) is 3.23. The molecule has 0 radical (unpaired) electrons. The summed E-state index contributed by atoms with van der Waals surface area (Å²) in [6, 6.07) is 2.48. The Morgan fingerprint density at radius 2 is 2.00 bits per heavy atom. The maximum absolute atomic E-state index is 13.7. The van der Waals surface area contributed by atoms with Crippen molar-refractivity contribution in [2.75, 3.05) is 13.6 Å². The quantitative estimate of drug-likeness (QED) is 0.872. The Hall–Kier alpha value is -0.980. The normalized spacial score (nSPS) is 12.1. The van der Waals surface area contributed by atoms with Crippen molar-refractivity contribution in [3.05, 3.63) is 29.1 Å². The molecule has 6 heteroatoms. The van der Waals surface area contributed by atoms with E-state index in [9.17, 15) is 12.8 Å². The third kappa shape index (κ3) is 3.52. The van der Waals surface area contributed by atoms with Crippen molar-refractivity contribution >= 4 is 10.0 Å². The highest BCUT2D eigenvalue weighted by Crippen LogP contribution is 2.23. The number of aliphatic hydroxyl groups is 1. The van der Waals surface area contributed by atoms with E-state index in [1.165, 1.54) is 24.3 Å². The van der Waals surface area contributed by atoms with Crippen LogP contribution in [0.5, 0.6) is 0 Å². The average molecular weight is 289 g/mol. The van der Waals surface area contributed by atoms with Gasteiger partial charge in [-0.2, -0.15) is 0 Å². The zero-order chi connectivity index (χ0) is 14.6. The number of sulfonamides is 1. The van der Waals surface area contributed by atoms with Gasteiger partial charge in [-0.25, -0.2) is 17.1 Å². The first-order valence-electron chi connectivity index (χ1n) is 6.20. The molecule has 0 heterocycles. The number of rotatable bonds is 6. The fourth-order valence-electron chi connectivity index (χ4n) is 1.74. The Morgan fingerprint density at radius 3 is 2.53 bits per heavy atom. The fraction of sp³-hybridized carbons (Fsp3) is 0.538. The van der Waals surface area contributed by atoms with Crippen LogP contribution >= 0.6 is 0 Å². The van der Waals surface area contributed by atoms with Gasteiger partial charge in [0.15, 0.2) is 0 Å². The average Bonchev–Trinajstić information content (AvgIpc) is 2.38. The smallest absolute Gasteiger partial charge is 0.243 e. The van der Waals surface area contributed by atoms with E-state index >= 15 is 0 Å². The first-order valence-corrected chi connectivity index (χ1v) is 7.64. The van der Waals surface area contributed by atoms with Crippen LogP contribution in [-0.4, -0.2) is 31.4 Å². The maximum Gasteiger partial charge on any atom is 0.243 e. The lowest BCUT2D eigenvalue weighted by molar-refractivity contribution is 0.280. The van der Waals surface area contributed by atoms with Crippen molar-refractivity contribution in [2.24, 2.45) is 0 Å². The van der Waals surface area contributed by atoms with Gasteiger partial charge in [-0.1, -0.05) is 13.3 Å². The van der Waals surface area contributed by atoms with E-state index in [1.54, 1.807) is 0 Å². The Balaban J connectivity index is 3.24. The van der Waals surface area contributed by atoms with Gasteiger partial charge in [0.1, 0.15) is 5.82 Å². The highest BCUT2D eigenvalue weighted by Gasteiger charge is 2.24. The van der Waals surface area contributed by atoms with Crippen LogP contribution in [0.3, 0.4) is 0 Å². The van der Waals surface area contributed by atoms with E-state index in [4.69, 9.17) is 5.11 Å². The van der Waals surface area contributed by atoms with E-state index in [0.717, 1.165) is 18.9 Å². The molecule has 0 aliphatic heterocycles. The van der Waals surface area contributed by atoms with Gasteiger partial charge in [0.05, 0.1) is 11.5 Å². The van der Waals surface area contributed by atoms with Crippen LogP contribution in [0.1, 0.15) is 30.9 Å². The third-order valence-corrected chi connectivity index (χ3v) is 5.04. The van der Waals surface area contributed by atoms with Crippen LogP contribution in [0.15, 0.2) is 17.0 Å². The summed E-state index contributed by atoms with van der Waals surface area (Å²) in [5.41, 5.74) is 0.339. The van der Waals surface area contributed by atoms with Crippen molar-refractivity contribution in [3.8, 4) is 0 Å². The number of unbranched alkanes of at least 4 members (excludes halogenated alkanes) is 1. The summed E-state index contributed by atoms with van der Waals surface area (Å²) in [7, 11) is -2.23.